The van der Waals surface area contributed by atoms with Crippen LogP contribution in [0.2, 0.25) is 0 Å². The molecule has 2 heterocycles. The third-order valence-corrected chi connectivity index (χ3v) is 5.08. The fourth-order valence-corrected chi connectivity index (χ4v) is 3.52. The summed E-state index contributed by atoms with van der Waals surface area (Å²) >= 11 is 0. The maximum absolute atomic E-state index is 12.9. The van der Waals surface area contributed by atoms with Gasteiger partial charge in [-0.1, -0.05) is 24.3 Å². The number of para-hydroxylation sites is 1. The molecule has 3 aromatic rings. The van der Waals surface area contributed by atoms with Crippen molar-refractivity contribution in [2.24, 2.45) is 5.92 Å². The molecule has 150 valence electrons. The molecule has 0 unspecified atom stereocenters. The predicted octanol–water partition coefficient (Wildman–Crippen LogP) is 4.90. The normalized spacial score (nSPS) is 17.2. The second kappa shape index (κ2) is 7.69. The number of nitrogens with zero attached hydrogens (tertiary/aromatic N) is 2. The molecular weight excluding hydrogens is 383 g/mol. The van der Waals surface area contributed by atoms with Gasteiger partial charge in [-0.15, -0.1) is 0 Å². The van der Waals surface area contributed by atoms with E-state index in [-0.39, 0.29) is 25.3 Å². The average molecular weight is 401 g/mol. The van der Waals surface area contributed by atoms with E-state index in [0.717, 1.165) is 16.5 Å². The smallest absolute Gasteiger partial charge is 0.392 e. The Balaban J connectivity index is 1.55. The van der Waals surface area contributed by atoms with Crippen LogP contribution in [0.5, 0.6) is 0 Å². The number of pyridine rings is 1. The van der Waals surface area contributed by atoms with Gasteiger partial charge in [0.15, 0.2) is 0 Å². The Bertz CT molecular complexity index is 1060. The van der Waals surface area contributed by atoms with E-state index in [9.17, 15) is 18.0 Å². The number of rotatable bonds is 4. The van der Waals surface area contributed by atoms with E-state index >= 15 is 0 Å². The van der Waals surface area contributed by atoms with Crippen LogP contribution in [-0.4, -0.2) is 22.1 Å². The zero-order valence-corrected chi connectivity index (χ0v) is 15.4. The third-order valence-electron chi connectivity index (χ3n) is 5.08. The van der Waals surface area contributed by atoms with E-state index in [1.807, 2.05) is 18.2 Å². The number of aromatic nitrogens is 2. The minimum Gasteiger partial charge on any atom is -0.447 e. The average Bonchev–Trinajstić information content (AvgIpc) is 3.24. The van der Waals surface area contributed by atoms with Gasteiger partial charge in [-0.3, -0.25) is 9.78 Å². The zero-order valence-electron chi connectivity index (χ0n) is 15.4. The SMILES string of the molecule is O=C(NCc1ncco1)c1cnc2c(C3=CC[C@H](C(F)(F)F)CC3)cccc2c1. The van der Waals surface area contributed by atoms with Gasteiger partial charge in [-0.2, -0.15) is 13.2 Å². The molecule has 5 nitrogen and oxygen atoms in total. The fourth-order valence-electron chi connectivity index (χ4n) is 3.52. The van der Waals surface area contributed by atoms with Gasteiger partial charge >= 0.3 is 6.18 Å². The van der Waals surface area contributed by atoms with Crippen molar-refractivity contribution in [3.05, 3.63) is 66.0 Å². The first kappa shape index (κ1) is 19.2. The Morgan fingerprint density at radius 2 is 2.14 bits per heavy atom. The molecule has 1 aliphatic rings. The highest BCUT2D eigenvalue weighted by Gasteiger charge is 2.39. The lowest BCUT2D eigenvalue weighted by atomic mass is 9.85. The van der Waals surface area contributed by atoms with Gasteiger partial charge in [0.25, 0.3) is 5.91 Å². The number of alkyl halides is 3. The molecule has 0 fully saturated rings. The van der Waals surface area contributed by atoms with Crippen molar-refractivity contribution in [1.82, 2.24) is 15.3 Å². The van der Waals surface area contributed by atoms with Crippen LogP contribution < -0.4 is 5.32 Å². The van der Waals surface area contributed by atoms with Crippen LogP contribution in [-0.2, 0) is 6.54 Å². The number of carbonyl (C=O) groups is 1. The minimum absolute atomic E-state index is 0.0173. The van der Waals surface area contributed by atoms with Crippen LogP contribution in [0.15, 0.2) is 53.4 Å². The molecule has 2 aromatic heterocycles. The van der Waals surface area contributed by atoms with Crippen LogP contribution in [0.1, 0.15) is 41.1 Å². The van der Waals surface area contributed by atoms with Crippen molar-refractivity contribution < 1.29 is 22.4 Å². The second-order valence-corrected chi connectivity index (χ2v) is 6.95. The molecule has 0 radical (unpaired) electrons. The van der Waals surface area contributed by atoms with E-state index in [1.165, 1.54) is 18.7 Å². The molecular formula is C21H18F3N3O2. The van der Waals surface area contributed by atoms with E-state index in [2.05, 4.69) is 15.3 Å². The zero-order chi connectivity index (χ0) is 20.4. The molecule has 0 spiro atoms. The highest BCUT2D eigenvalue weighted by Crippen LogP contribution is 2.40. The van der Waals surface area contributed by atoms with Crippen LogP contribution >= 0.6 is 0 Å². The van der Waals surface area contributed by atoms with E-state index in [4.69, 9.17) is 4.42 Å². The lowest BCUT2D eigenvalue weighted by Gasteiger charge is -2.24. The highest BCUT2D eigenvalue weighted by molar-refractivity contribution is 5.99. The standard InChI is InChI=1S/C21H18F3N3O2/c22-21(23,24)16-6-4-13(5-7-16)17-3-1-2-14-10-15(11-26-19(14)17)20(28)27-12-18-25-8-9-29-18/h1-4,8-11,16H,5-7,12H2,(H,27,28)/t16-/m0/s1. The summed E-state index contributed by atoms with van der Waals surface area (Å²) < 4.78 is 43.8. The molecule has 1 atom stereocenters. The summed E-state index contributed by atoms with van der Waals surface area (Å²) in [6, 6.07) is 7.24. The molecule has 0 aliphatic heterocycles. The van der Waals surface area contributed by atoms with Crippen molar-refractivity contribution >= 4 is 22.4 Å². The summed E-state index contributed by atoms with van der Waals surface area (Å²) in [5.74, 6) is -1.20. The topological polar surface area (TPSA) is 68.0 Å². The molecule has 0 saturated heterocycles. The summed E-state index contributed by atoms with van der Waals surface area (Å²) in [6.45, 7) is 0.164. The number of hydrogen-bond donors (Lipinski definition) is 1. The Morgan fingerprint density at radius 1 is 1.28 bits per heavy atom. The first-order valence-electron chi connectivity index (χ1n) is 9.23. The van der Waals surface area contributed by atoms with Crippen LogP contribution in [0.4, 0.5) is 13.2 Å². The summed E-state index contributed by atoms with van der Waals surface area (Å²) in [5, 5.41) is 3.46. The van der Waals surface area contributed by atoms with Crippen molar-refractivity contribution in [3.8, 4) is 0 Å². The van der Waals surface area contributed by atoms with E-state index in [1.54, 1.807) is 12.1 Å². The maximum Gasteiger partial charge on any atom is 0.392 e. The first-order chi connectivity index (χ1) is 13.9. The molecule has 8 heteroatoms. The maximum atomic E-state index is 12.9. The van der Waals surface area contributed by atoms with Gasteiger partial charge < -0.3 is 9.73 Å². The van der Waals surface area contributed by atoms with Crippen LogP contribution in [0.25, 0.3) is 16.5 Å². The van der Waals surface area contributed by atoms with Crippen LogP contribution in [0.3, 0.4) is 0 Å². The highest BCUT2D eigenvalue weighted by atomic mass is 19.4. The van der Waals surface area contributed by atoms with Gasteiger partial charge in [0, 0.05) is 17.1 Å². The van der Waals surface area contributed by atoms with Crippen LogP contribution in [0, 0.1) is 5.92 Å². The largest absolute Gasteiger partial charge is 0.447 e. The number of oxazole rings is 1. The molecule has 29 heavy (non-hydrogen) atoms. The summed E-state index contributed by atoms with van der Waals surface area (Å²) in [7, 11) is 0. The number of nitrogens with one attached hydrogen (secondary N) is 1. The minimum atomic E-state index is -4.16. The Labute approximate surface area is 164 Å². The number of carbonyl (C=O) groups excluding carboxylic acids is 1. The third kappa shape index (κ3) is 4.16. The van der Waals surface area contributed by atoms with Gasteiger partial charge in [0.05, 0.1) is 29.7 Å². The number of allylic oxidation sites excluding steroid dienone is 2. The molecule has 1 N–H and O–H groups in total. The van der Waals surface area contributed by atoms with Crippen molar-refractivity contribution in [3.63, 3.8) is 0 Å². The van der Waals surface area contributed by atoms with E-state index < -0.39 is 12.1 Å². The van der Waals surface area contributed by atoms with Crippen molar-refractivity contribution in [2.45, 2.75) is 32.0 Å². The van der Waals surface area contributed by atoms with Gasteiger partial charge in [-0.25, -0.2) is 4.98 Å². The fraction of sp³-hybridized carbons (Fsp3) is 0.286. The Hall–Kier alpha value is -3.16. The lowest BCUT2D eigenvalue weighted by molar-refractivity contribution is -0.175. The summed E-state index contributed by atoms with van der Waals surface area (Å²) in [6.07, 6.45) is 2.31. The predicted molar refractivity (Wildman–Crippen MR) is 101 cm³/mol. The Morgan fingerprint density at radius 3 is 2.83 bits per heavy atom. The molecule has 1 aromatic carbocycles. The second-order valence-electron chi connectivity index (χ2n) is 6.95. The van der Waals surface area contributed by atoms with E-state index in [0.29, 0.717) is 23.4 Å². The lowest BCUT2D eigenvalue weighted by Crippen LogP contribution is -2.24. The number of amides is 1. The first-order valence-corrected chi connectivity index (χ1v) is 9.23. The number of benzene rings is 1. The Kier molecular flexibility index (Phi) is 5.08. The molecule has 1 amide bonds. The quantitative estimate of drug-likeness (QED) is 0.675. The monoisotopic (exact) mass is 401 g/mol. The molecule has 1 aliphatic carbocycles. The number of halogens is 3. The van der Waals surface area contributed by atoms with Gasteiger partial charge in [0.2, 0.25) is 5.89 Å². The van der Waals surface area contributed by atoms with Crippen molar-refractivity contribution in [2.75, 3.05) is 0 Å². The summed E-state index contributed by atoms with van der Waals surface area (Å²) in [4.78, 5) is 20.7. The molecule has 0 saturated carbocycles. The summed E-state index contributed by atoms with van der Waals surface area (Å²) in [5.41, 5.74) is 2.74. The van der Waals surface area contributed by atoms with Gasteiger partial charge in [-0.05, 0) is 30.9 Å². The number of fused-ring (bicyclic) bond motifs is 1. The van der Waals surface area contributed by atoms with Gasteiger partial charge in [0.1, 0.15) is 6.26 Å². The molecule has 0 bridgehead atoms. The number of hydrogen-bond acceptors (Lipinski definition) is 4. The molecule has 4 rings (SSSR count). The van der Waals surface area contributed by atoms with Crippen molar-refractivity contribution in [1.29, 1.82) is 0 Å².